The number of rotatable bonds is 5. The molecule has 2 aromatic carbocycles. The van der Waals surface area contributed by atoms with E-state index in [0.29, 0.717) is 0 Å². The van der Waals surface area contributed by atoms with Crippen LogP contribution in [0, 0.1) is 0 Å². The van der Waals surface area contributed by atoms with Crippen LogP contribution in [0.15, 0.2) is 54.6 Å². The van der Waals surface area contributed by atoms with E-state index in [0.717, 1.165) is 33.7 Å². The minimum Gasteiger partial charge on any atom is -0.493 e. The molecule has 122 valence electrons. The second-order valence-corrected chi connectivity index (χ2v) is 5.81. The van der Waals surface area contributed by atoms with E-state index in [4.69, 9.17) is 9.47 Å². The fraction of sp³-hybridized carbons (Fsp3) is 0.190. The summed E-state index contributed by atoms with van der Waals surface area (Å²) < 4.78 is 11.4. The van der Waals surface area contributed by atoms with Crippen molar-refractivity contribution in [2.45, 2.75) is 20.0 Å². The van der Waals surface area contributed by atoms with Gasteiger partial charge in [0, 0.05) is 10.9 Å². The van der Waals surface area contributed by atoms with Gasteiger partial charge in [0.15, 0.2) is 11.5 Å². The molecule has 24 heavy (non-hydrogen) atoms. The Morgan fingerprint density at radius 1 is 0.917 bits per heavy atom. The first kappa shape index (κ1) is 16.1. The highest BCUT2D eigenvalue weighted by molar-refractivity contribution is 5.81. The molecular formula is C21H21NO2. The van der Waals surface area contributed by atoms with Crippen LogP contribution in [0.1, 0.15) is 25.1 Å². The summed E-state index contributed by atoms with van der Waals surface area (Å²) >= 11 is 0. The summed E-state index contributed by atoms with van der Waals surface area (Å²) in [6, 6.07) is 18.1. The van der Waals surface area contributed by atoms with Crippen LogP contribution in [0.4, 0.5) is 0 Å². The maximum atomic E-state index is 5.93. The van der Waals surface area contributed by atoms with Gasteiger partial charge >= 0.3 is 0 Å². The molecule has 0 bridgehead atoms. The van der Waals surface area contributed by atoms with Crippen LogP contribution in [0.25, 0.3) is 23.1 Å². The number of methoxy groups -OCH3 is 1. The lowest BCUT2D eigenvalue weighted by Crippen LogP contribution is -2.07. The third-order valence-corrected chi connectivity index (χ3v) is 3.64. The minimum atomic E-state index is 0.0762. The van der Waals surface area contributed by atoms with Gasteiger partial charge in [-0.25, -0.2) is 4.98 Å². The van der Waals surface area contributed by atoms with Crippen molar-refractivity contribution < 1.29 is 9.47 Å². The van der Waals surface area contributed by atoms with Gasteiger partial charge in [-0.05, 0) is 44.2 Å². The average Bonchev–Trinajstić information content (AvgIpc) is 2.60. The van der Waals surface area contributed by atoms with E-state index in [9.17, 15) is 0 Å². The molecule has 0 spiro atoms. The first-order valence-corrected chi connectivity index (χ1v) is 8.05. The average molecular weight is 319 g/mol. The van der Waals surface area contributed by atoms with E-state index >= 15 is 0 Å². The molecule has 0 unspecified atom stereocenters. The highest BCUT2D eigenvalue weighted by Crippen LogP contribution is 2.33. The quantitative estimate of drug-likeness (QED) is 0.647. The zero-order valence-corrected chi connectivity index (χ0v) is 14.2. The molecular weight excluding hydrogens is 298 g/mol. The van der Waals surface area contributed by atoms with Gasteiger partial charge in [0.2, 0.25) is 0 Å². The lowest BCUT2D eigenvalue weighted by Gasteiger charge is -2.15. The molecule has 0 atom stereocenters. The minimum absolute atomic E-state index is 0.0762. The van der Waals surface area contributed by atoms with Crippen LogP contribution < -0.4 is 9.47 Å². The molecule has 3 aromatic rings. The second-order valence-electron chi connectivity index (χ2n) is 5.81. The zero-order valence-electron chi connectivity index (χ0n) is 14.2. The van der Waals surface area contributed by atoms with Gasteiger partial charge in [-0.15, -0.1) is 0 Å². The smallest absolute Gasteiger partial charge is 0.168 e. The summed E-state index contributed by atoms with van der Waals surface area (Å²) in [4.78, 5) is 4.66. The molecule has 0 fully saturated rings. The summed E-state index contributed by atoms with van der Waals surface area (Å²) in [7, 11) is 1.65. The number of aromatic nitrogens is 1. The maximum Gasteiger partial charge on any atom is 0.168 e. The molecule has 0 aliphatic rings. The summed E-state index contributed by atoms with van der Waals surface area (Å²) in [5, 5.41) is 1.14. The number of benzene rings is 2. The predicted molar refractivity (Wildman–Crippen MR) is 99.4 cm³/mol. The van der Waals surface area contributed by atoms with Crippen LogP contribution in [-0.2, 0) is 0 Å². The Hall–Kier alpha value is -2.81. The van der Waals surface area contributed by atoms with E-state index in [1.807, 2.05) is 68.5 Å². The second kappa shape index (κ2) is 7.18. The van der Waals surface area contributed by atoms with Crippen molar-refractivity contribution in [1.82, 2.24) is 4.98 Å². The lowest BCUT2D eigenvalue weighted by atomic mass is 10.1. The van der Waals surface area contributed by atoms with Gasteiger partial charge in [-0.2, -0.15) is 0 Å². The van der Waals surface area contributed by atoms with Crippen LogP contribution in [0.5, 0.6) is 11.5 Å². The SMILES string of the molecule is COc1cccc(/C=C/c2ccc3ccccc3n2)c1OC(C)C. The third kappa shape index (κ3) is 3.57. The third-order valence-electron chi connectivity index (χ3n) is 3.64. The van der Waals surface area contributed by atoms with Crippen molar-refractivity contribution in [2.75, 3.05) is 7.11 Å². The largest absolute Gasteiger partial charge is 0.493 e. The van der Waals surface area contributed by atoms with Crippen molar-refractivity contribution in [2.24, 2.45) is 0 Å². The maximum absolute atomic E-state index is 5.93. The summed E-state index contributed by atoms with van der Waals surface area (Å²) in [5.74, 6) is 1.49. The Morgan fingerprint density at radius 2 is 1.75 bits per heavy atom. The van der Waals surface area contributed by atoms with Crippen LogP contribution in [0.2, 0.25) is 0 Å². The Bertz CT molecular complexity index is 869. The van der Waals surface area contributed by atoms with E-state index in [-0.39, 0.29) is 6.10 Å². The Kier molecular flexibility index (Phi) is 4.80. The molecule has 0 saturated heterocycles. The Morgan fingerprint density at radius 3 is 2.54 bits per heavy atom. The lowest BCUT2D eigenvalue weighted by molar-refractivity contribution is 0.229. The molecule has 0 radical (unpaired) electrons. The molecule has 0 amide bonds. The highest BCUT2D eigenvalue weighted by atomic mass is 16.5. The predicted octanol–water partition coefficient (Wildman–Crippen LogP) is 5.20. The van der Waals surface area contributed by atoms with Crippen LogP contribution in [-0.4, -0.2) is 18.2 Å². The molecule has 0 aliphatic heterocycles. The van der Waals surface area contributed by atoms with Crippen molar-refractivity contribution in [3.05, 3.63) is 65.9 Å². The molecule has 3 heteroatoms. The summed E-state index contributed by atoms with van der Waals surface area (Å²) in [6.07, 6.45) is 4.08. The van der Waals surface area contributed by atoms with Gasteiger partial charge in [0.1, 0.15) is 0 Å². The monoisotopic (exact) mass is 319 g/mol. The standard InChI is InChI=1S/C21H21NO2/c1-15(2)24-21-17(8-6-10-20(21)23-3)12-14-18-13-11-16-7-4-5-9-19(16)22-18/h4-15H,1-3H3/b14-12+. The highest BCUT2D eigenvalue weighted by Gasteiger charge is 2.10. The molecule has 0 saturated carbocycles. The first-order chi connectivity index (χ1) is 11.7. The topological polar surface area (TPSA) is 31.4 Å². The van der Waals surface area contributed by atoms with Crippen LogP contribution >= 0.6 is 0 Å². The molecule has 1 aromatic heterocycles. The number of ether oxygens (including phenoxy) is 2. The number of hydrogen-bond donors (Lipinski definition) is 0. The molecule has 0 N–H and O–H groups in total. The summed E-state index contributed by atoms with van der Waals surface area (Å²) in [6.45, 7) is 4.01. The van der Waals surface area contributed by atoms with Gasteiger partial charge in [-0.1, -0.05) is 36.4 Å². The number of pyridine rings is 1. The fourth-order valence-electron chi connectivity index (χ4n) is 2.54. The number of nitrogens with zero attached hydrogens (tertiary/aromatic N) is 1. The zero-order chi connectivity index (χ0) is 16.9. The first-order valence-electron chi connectivity index (χ1n) is 8.05. The van der Waals surface area contributed by atoms with Crippen molar-refractivity contribution in [3.8, 4) is 11.5 Å². The van der Waals surface area contributed by atoms with E-state index in [1.165, 1.54) is 0 Å². The van der Waals surface area contributed by atoms with Gasteiger partial charge in [0.25, 0.3) is 0 Å². The molecule has 3 rings (SSSR count). The number of fused-ring (bicyclic) bond motifs is 1. The number of hydrogen-bond acceptors (Lipinski definition) is 3. The van der Waals surface area contributed by atoms with Gasteiger partial charge in [0.05, 0.1) is 24.4 Å². The normalized spacial score (nSPS) is 11.3. The van der Waals surface area contributed by atoms with Crippen LogP contribution in [0.3, 0.4) is 0 Å². The molecule has 3 nitrogen and oxygen atoms in total. The van der Waals surface area contributed by atoms with Crippen molar-refractivity contribution in [1.29, 1.82) is 0 Å². The van der Waals surface area contributed by atoms with E-state index in [1.54, 1.807) is 7.11 Å². The van der Waals surface area contributed by atoms with Crippen molar-refractivity contribution in [3.63, 3.8) is 0 Å². The van der Waals surface area contributed by atoms with Gasteiger partial charge in [-0.3, -0.25) is 0 Å². The molecule has 0 aliphatic carbocycles. The van der Waals surface area contributed by atoms with Crippen molar-refractivity contribution >= 4 is 23.1 Å². The molecule has 1 heterocycles. The van der Waals surface area contributed by atoms with E-state index < -0.39 is 0 Å². The number of para-hydroxylation sites is 2. The van der Waals surface area contributed by atoms with E-state index in [2.05, 4.69) is 17.1 Å². The van der Waals surface area contributed by atoms with Gasteiger partial charge < -0.3 is 9.47 Å². The Balaban J connectivity index is 1.95. The Labute approximate surface area is 142 Å². The summed E-state index contributed by atoms with van der Waals surface area (Å²) in [5.41, 5.74) is 2.87. The fourth-order valence-corrected chi connectivity index (χ4v) is 2.54.